The molecule has 21 heavy (non-hydrogen) atoms. The van der Waals surface area contributed by atoms with Crippen molar-refractivity contribution in [2.75, 3.05) is 25.0 Å². The second-order valence-electron chi connectivity index (χ2n) is 5.98. The molecule has 1 fully saturated rings. The van der Waals surface area contributed by atoms with Crippen molar-refractivity contribution < 1.29 is 4.79 Å². The highest BCUT2D eigenvalue weighted by Gasteiger charge is 2.20. The number of rotatable bonds is 8. The summed E-state index contributed by atoms with van der Waals surface area (Å²) in [6.07, 6.45) is 3.59. The normalized spacial score (nSPS) is 14.0. The lowest BCUT2D eigenvalue weighted by Gasteiger charge is -2.21. The largest absolute Gasteiger partial charge is 0.365 e. The molecule has 0 radical (unpaired) electrons. The predicted octanol–water partition coefficient (Wildman–Crippen LogP) is 2.21. The molecule has 1 aliphatic carbocycles. The lowest BCUT2D eigenvalue weighted by molar-refractivity contribution is -0.119. The first kappa shape index (κ1) is 15.8. The Labute approximate surface area is 127 Å². The highest BCUT2D eigenvalue weighted by atomic mass is 16.2. The van der Waals surface area contributed by atoms with Crippen LogP contribution in [-0.4, -0.2) is 32.1 Å². The average Bonchev–Trinajstić information content (AvgIpc) is 3.27. The van der Waals surface area contributed by atoms with Gasteiger partial charge in [0.1, 0.15) is 0 Å². The van der Waals surface area contributed by atoms with E-state index in [0.29, 0.717) is 6.54 Å². The van der Waals surface area contributed by atoms with E-state index in [1.165, 1.54) is 24.0 Å². The molecule has 1 aliphatic rings. The number of hydrogen-bond donors (Lipinski definition) is 2. The standard InChI is InChI=1S/C17H27N3O/c1-4-9-18-17(21)12-20(3)16-8-5-14(10-13(16)2)11-19-15-6-7-15/h5,8,10,15,19H,4,6-7,9,11-12H2,1-3H3,(H,18,21). The van der Waals surface area contributed by atoms with Crippen LogP contribution in [0.2, 0.25) is 0 Å². The van der Waals surface area contributed by atoms with Gasteiger partial charge < -0.3 is 15.5 Å². The van der Waals surface area contributed by atoms with Crippen molar-refractivity contribution in [1.29, 1.82) is 0 Å². The molecule has 0 spiro atoms. The fourth-order valence-electron chi connectivity index (χ4n) is 2.43. The Morgan fingerprint density at radius 2 is 2.14 bits per heavy atom. The number of aryl methyl sites for hydroxylation is 1. The van der Waals surface area contributed by atoms with Crippen LogP contribution < -0.4 is 15.5 Å². The fourth-order valence-corrected chi connectivity index (χ4v) is 2.43. The zero-order chi connectivity index (χ0) is 15.2. The molecule has 116 valence electrons. The molecule has 4 heteroatoms. The molecule has 0 aromatic heterocycles. The molecular weight excluding hydrogens is 262 g/mol. The summed E-state index contributed by atoms with van der Waals surface area (Å²) in [6.45, 7) is 6.25. The number of carbonyl (C=O) groups is 1. The van der Waals surface area contributed by atoms with Crippen LogP contribution in [0.3, 0.4) is 0 Å². The maximum Gasteiger partial charge on any atom is 0.239 e. The zero-order valence-corrected chi connectivity index (χ0v) is 13.4. The summed E-state index contributed by atoms with van der Waals surface area (Å²) >= 11 is 0. The van der Waals surface area contributed by atoms with Crippen LogP contribution >= 0.6 is 0 Å². The lowest BCUT2D eigenvalue weighted by atomic mass is 10.1. The van der Waals surface area contributed by atoms with E-state index < -0.39 is 0 Å². The lowest BCUT2D eigenvalue weighted by Crippen LogP contribution is -2.35. The van der Waals surface area contributed by atoms with Crippen LogP contribution in [0.4, 0.5) is 5.69 Å². The number of nitrogens with one attached hydrogen (secondary N) is 2. The molecule has 1 aromatic carbocycles. The van der Waals surface area contributed by atoms with Gasteiger partial charge in [0.25, 0.3) is 0 Å². The molecule has 0 unspecified atom stereocenters. The SMILES string of the molecule is CCCNC(=O)CN(C)c1ccc(CNC2CC2)cc1C. The van der Waals surface area contributed by atoms with Gasteiger partial charge in [0.05, 0.1) is 6.54 Å². The minimum atomic E-state index is 0.0817. The molecular formula is C17H27N3O. The fraction of sp³-hybridized carbons (Fsp3) is 0.588. The summed E-state index contributed by atoms with van der Waals surface area (Å²) in [5.41, 5.74) is 3.65. The Morgan fingerprint density at radius 3 is 2.76 bits per heavy atom. The van der Waals surface area contributed by atoms with Gasteiger partial charge in [-0.05, 0) is 43.4 Å². The van der Waals surface area contributed by atoms with Crippen molar-refractivity contribution in [3.05, 3.63) is 29.3 Å². The predicted molar refractivity (Wildman–Crippen MR) is 87.6 cm³/mol. The molecule has 0 saturated heterocycles. The number of nitrogens with zero attached hydrogens (tertiary/aromatic N) is 1. The highest BCUT2D eigenvalue weighted by Crippen LogP contribution is 2.22. The van der Waals surface area contributed by atoms with Crippen LogP contribution in [0.5, 0.6) is 0 Å². The zero-order valence-electron chi connectivity index (χ0n) is 13.4. The Balaban J connectivity index is 1.90. The van der Waals surface area contributed by atoms with Gasteiger partial charge in [-0.3, -0.25) is 4.79 Å². The molecule has 0 bridgehead atoms. The number of benzene rings is 1. The van der Waals surface area contributed by atoms with Gasteiger partial charge in [-0.25, -0.2) is 0 Å². The molecule has 0 atom stereocenters. The van der Waals surface area contributed by atoms with E-state index in [-0.39, 0.29) is 5.91 Å². The summed E-state index contributed by atoms with van der Waals surface area (Å²) in [5, 5.41) is 6.44. The Hall–Kier alpha value is -1.55. The Bertz CT molecular complexity index is 483. The number of anilines is 1. The van der Waals surface area contributed by atoms with Crippen molar-refractivity contribution in [2.45, 2.75) is 45.7 Å². The second-order valence-corrected chi connectivity index (χ2v) is 5.98. The number of hydrogen-bond acceptors (Lipinski definition) is 3. The van der Waals surface area contributed by atoms with E-state index in [9.17, 15) is 4.79 Å². The maximum atomic E-state index is 11.8. The van der Waals surface area contributed by atoms with Crippen LogP contribution in [0.1, 0.15) is 37.3 Å². The summed E-state index contributed by atoms with van der Waals surface area (Å²) in [5.74, 6) is 0.0817. The number of likely N-dealkylation sites (N-methyl/N-ethyl adjacent to an activating group) is 1. The number of carbonyl (C=O) groups excluding carboxylic acids is 1. The van der Waals surface area contributed by atoms with Gasteiger partial charge in [0, 0.05) is 31.9 Å². The molecule has 4 nitrogen and oxygen atoms in total. The quantitative estimate of drug-likeness (QED) is 0.771. The summed E-state index contributed by atoms with van der Waals surface area (Å²) in [4.78, 5) is 13.8. The van der Waals surface area contributed by atoms with E-state index in [0.717, 1.165) is 31.2 Å². The Morgan fingerprint density at radius 1 is 1.38 bits per heavy atom. The Kier molecular flexibility index (Phi) is 5.62. The average molecular weight is 289 g/mol. The van der Waals surface area contributed by atoms with Crippen LogP contribution in [0, 0.1) is 6.92 Å². The van der Waals surface area contributed by atoms with E-state index in [2.05, 4.69) is 42.7 Å². The van der Waals surface area contributed by atoms with Crippen LogP contribution in [-0.2, 0) is 11.3 Å². The maximum absolute atomic E-state index is 11.8. The summed E-state index contributed by atoms with van der Waals surface area (Å²) in [6, 6.07) is 7.21. The van der Waals surface area contributed by atoms with Crippen molar-refractivity contribution in [2.24, 2.45) is 0 Å². The third-order valence-corrected chi connectivity index (χ3v) is 3.80. The molecule has 1 saturated carbocycles. The molecule has 0 heterocycles. The molecule has 2 rings (SSSR count). The third kappa shape index (κ3) is 5.05. The monoisotopic (exact) mass is 289 g/mol. The minimum Gasteiger partial charge on any atom is -0.365 e. The van der Waals surface area contributed by atoms with E-state index >= 15 is 0 Å². The molecule has 0 aliphatic heterocycles. The van der Waals surface area contributed by atoms with Gasteiger partial charge in [0.15, 0.2) is 0 Å². The van der Waals surface area contributed by atoms with Crippen molar-refractivity contribution in [3.8, 4) is 0 Å². The molecule has 1 aromatic rings. The third-order valence-electron chi connectivity index (χ3n) is 3.80. The van der Waals surface area contributed by atoms with Gasteiger partial charge in [-0.2, -0.15) is 0 Å². The highest BCUT2D eigenvalue weighted by molar-refractivity contribution is 5.81. The van der Waals surface area contributed by atoms with Crippen LogP contribution in [0.15, 0.2) is 18.2 Å². The topological polar surface area (TPSA) is 44.4 Å². The van der Waals surface area contributed by atoms with E-state index in [1.54, 1.807) is 0 Å². The first-order valence-corrected chi connectivity index (χ1v) is 7.91. The van der Waals surface area contributed by atoms with Gasteiger partial charge in [0.2, 0.25) is 5.91 Å². The van der Waals surface area contributed by atoms with Crippen LogP contribution in [0.25, 0.3) is 0 Å². The first-order chi connectivity index (χ1) is 10.1. The summed E-state index contributed by atoms with van der Waals surface area (Å²) < 4.78 is 0. The van der Waals surface area contributed by atoms with E-state index in [4.69, 9.17) is 0 Å². The number of amides is 1. The van der Waals surface area contributed by atoms with Gasteiger partial charge >= 0.3 is 0 Å². The minimum absolute atomic E-state index is 0.0817. The van der Waals surface area contributed by atoms with Crippen molar-refractivity contribution >= 4 is 11.6 Å². The molecule has 1 amide bonds. The van der Waals surface area contributed by atoms with Gasteiger partial charge in [-0.1, -0.05) is 19.1 Å². The van der Waals surface area contributed by atoms with Gasteiger partial charge in [-0.15, -0.1) is 0 Å². The smallest absolute Gasteiger partial charge is 0.239 e. The summed E-state index contributed by atoms with van der Waals surface area (Å²) in [7, 11) is 1.97. The van der Waals surface area contributed by atoms with Crippen molar-refractivity contribution in [1.82, 2.24) is 10.6 Å². The molecule has 2 N–H and O–H groups in total. The van der Waals surface area contributed by atoms with E-state index in [1.807, 2.05) is 11.9 Å². The van der Waals surface area contributed by atoms with Crippen molar-refractivity contribution in [3.63, 3.8) is 0 Å². The second kappa shape index (κ2) is 7.46. The first-order valence-electron chi connectivity index (χ1n) is 7.91.